The highest BCUT2D eigenvalue weighted by Crippen LogP contribution is 2.29. The number of nitrogens with zero attached hydrogens (tertiary/aromatic N) is 1. The van der Waals surface area contributed by atoms with Gasteiger partial charge < -0.3 is 20.1 Å². The quantitative estimate of drug-likeness (QED) is 0.676. The van der Waals surface area contributed by atoms with Crippen molar-refractivity contribution in [2.45, 2.75) is 33.1 Å². The molecule has 0 aliphatic carbocycles. The minimum atomic E-state index is -0.0942. The molecule has 0 unspecified atom stereocenters. The first-order valence-corrected chi connectivity index (χ1v) is 9.94. The minimum absolute atomic E-state index is 0.0492. The molecule has 0 radical (unpaired) electrons. The highest BCUT2D eigenvalue weighted by atomic mass is 16.5. The normalized spacial score (nSPS) is 15.3. The van der Waals surface area contributed by atoms with Crippen molar-refractivity contribution in [3.63, 3.8) is 0 Å². The lowest BCUT2D eigenvalue weighted by atomic mass is 9.95. The lowest BCUT2D eigenvalue weighted by Gasteiger charge is -2.30. The van der Waals surface area contributed by atoms with Crippen LogP contribution in [0.25, 0.3) is 0 Å². The van der Waals surface area contributed by atoms with Crippen LogP contribution < -0.4 is 20.1 Å². The van der Waals surface area contributed by atoms with E-state index in [1.54, 1.807) is 32.4 Å². The Hall–Kier alpha value is -2.28. The second-order valence-corrected chi connectivity index (χ2v) is 7.64. The molecule has 1 aliphatic heterocycles. The minimum Gasteiger partial charge on any atom is -0.497 e. The SMILES string of the molecule is COc1ccc(NC(=O)CN2CCC(C(=O)NCCC(C)C)CC2)c(OC)c1. The van der Waals surface area contributed by atoms with Crippen molar-refractivity contribution in [2.75, 3.05) is 45.7 Å². The maximum atomic E-state index is 12.4. The summed E-state index contributed by atoms with van der Waals surface area (Å²) in [5.74, 6) is 1.92. The monoisotopic (exact) mass is 391 g/mol. The van der Waals surface area contributed by atoms with Gasteiger partial charge in [-0.05, 0) is 50.4 Å². The molecule has 1 fully saturated rings. The van der Waals surface area contributed by atoms with Crippen molar-refractivity contribution < 1.29 is 19.1 Å². The fourth-order valence-electron chi connectivity index (χ4n) is 3.28. The molecule has 2 N–H and O–H groups in total. The van der Waals surface area contributed by atoms with Crippen LogP contribution in [0.5, 0.6) is 11.5 Å². The van der Waals surface area contributed by atoms with Gasteiger partial charge in [0.25, 0.3) is 0 Å². The van der Waals surface area contributed by atoms with Crippen LogP contribution >= 0.6 is 0 Å². The number of carbonyl (C=O) groups is 2. The number of benzene rings is 1. The van der Waals surface area contributed by atoms with Gasteiger partial charge in [0.1, 0.15) is 11.5 Å². The molecule has 0 bridgehead atoms. The number of hydrogen-bond donors (Lipinski definition) is 2. The van der Waals surface area contributed by atoms with E-state index < -0.39 is 0 Å². The third-order valence-electron chi connectivity index (χ3n) is 5.03. The van der Waals surface area contributed by atoms with Crippen LogP contribution in [0.1, 0.15) is 33.1 Å². The van der Waals surface area contributed by atoms with Gasteiger partial charge in [0.2, 0.25) is 11.8 Å². The van der Waals surface area contributed by atoms with Gasteiger partial charge in [0.15, 0.2) is 0 Å². The van der Waals surface area contributed by atoms with Gasteiger partial charge in [0, 0.05) is 18.5 Å². The van der Waals surface area contributed by atoms with Crippen molar-refractivity contribution >= 4 is 17.5 Å². The van der Waals surface area contributed by atoms with Crippen molar-refractivity contribution in [1.82, 2.24) is 10.2 Å². The summed E-state index contributed by atoms with van der Waals surface area (Å²) in [6.45, 7) is 6.83. The summed E-state index contributed by atoms with van der Waals surface area (Å²) in [5, 5.41) is 5.93. The fourth-order valence-corrected chi connectivity index (χ4v) is 3.28. The van der Waals surface area contributed by atoms with Gasteiger partial charge in [-0.3, -0.25) is 14.5 Å². The zero-order valence-electron chi connectivity index (χ0n) is 17.4. The molecule has 156 valence electrons. The van der Waals surface area contributed by atoms with Crippen LogP contribution in [-0.2, 0) is 9.59 Å². The van der Waals surface area contributed by atoms with Gasteiger partial charge in [-0.25, -0.2) is 0 Å². The van der Waals surface area contributed by atoms with Gasteiger partial charge >= 0.3 is 0 Å². The first-order valence-electron chi connectivity index (χ1n) is 9.94. The lowest BCUT2D eigenvalue weighted by molar-refractivity contribution is -0.126. The lowest BCUT2D eigenvalue weighted by Crippen LogP contribution is -2.43. The maximum Gasteiger partial charge on any atom is 0.238 e. The number of rotatable bonds is 9. The smallest absolute Gasteiger partial charge is 0.238 e. The van der Waals surface area contributed by atoms with E-state index in [0.29, 0.717) is 29.6 Å². The Labute approximate surface area is 167 Å². The molecule has 2 amide bonds. The Morgan fingerprint density at radius 1 is 1.18 bits per heavy atom. The largest absolute Gasteiger partial charge is 0.497 e. The summed E-state index contributed by atoms with van der Waals surface area (Å²) in [6, 6.07) is 5.28. The highest BCUT2D eigenvalue weighted by molar-refractivity contribution is 5.93. The molecule has 0 atom stereocenters. The molecule has 7 heteroatoms. The van der Waals surface area contributed by atoms with Gasteiger partial charge in [0.05, 0.1) is 26.5 Å². The number of likely N-dealkylation sites (tertiary alicyclic amines) is 1. The molecule has 1 saturated heterocycles. The molecule has 28 heavy (non-hydrogen) atoms. The van der Waals surface area contributed by atoms with Gasteiger partial charge in [-0.15, -0.1) is 0 Å². The molecule has 1 aromatic rings. The molecule has 0 saturated carbocycles. The molecule has 1 aliphatic rings. The van der Waals surface area contributed by atoms with Crippen LogP contribution in [0.2, 0.25) is 0 Å². The molecule has 0 spiro atoms. The van der Waals surface area contributed by atoms with Crippen LogP contribution in [0.15, 0.2) is 18.2 Å². The van der Waals surface area contributed by atoms with Crippen LogP contribution in [0, 0.1) is 11.8 Å². The van der Waals surface area contributed by atoms with Crippen molar-refractivity contribution in [1.29, 1.82) is 0 Å². The van der Waals surface area contributed by atoms with E-state index in [-0.39, 0.29) is 17.7 Å². The Morgan fingerprint density at radius 2 is 1.89 bits per heavy atom. The van der Waals surface area contributed by atoms with Crippen molar-refractivity contribution in [3.05, 3.63) is 18.2 Å². The second kappa shape index (κ2) is 10.9. The number of anilines is 1. The molecular formula is C21H33N3O4. The molecule has 0 aromatic heterocycles. The van der Waals surface area contributed by atoms with E-state index in [2.05, 4.69) is 29.4 Å². The predicted octanol–water partition coefficient (Wildman–Crippen LogP) is 2.52. The van der Waals surface area contributed by atoms with E-state index in [1.807, 2.05) is 0 Å². The zero-order valence-corrected chi connectivity index (χ0v) is 17.4. The zero-order chi connectivity index (χ0) is 20.5. The number of hydrogen-bond acceptors (Lipinski definition) is 5. The molecule has 1 aromatic carbocycles. The van der Waals surface area contributed by atoms with Gasteiger partial charge in [-0.1, -0.05) is 13.8 Å². The number of amides is 2. The number of piperidine rings is 1. The van der Waals surface area contributed by atoms with E-state index in [9.17, 15) is 9.59 Å². The van der Waals surface area contributed by atoms with E-state index in [0.717, 1.165) is 38.9 Å². The molecule has 1 heterocycles. The number of carbonyl (C=O) groups excluding carboxylic acids is 2. The number of ether oxygens (including phenoxy) is 2. The predicted molar refractivity (Wildman–Crippen MR) is 110 cm³/mol. The first-order chi connectivity index (χ1) is 13.4. The fraction of sp³-hybridized carbons (Fsp3) is 0.619. The van der Waals surface area contributed by atoms with Crippen molar-refractivity contribution in [2.24, 2.45) is 11.8 Å². The summed E-state index contributed by atoms with van der Waals surface area (Å²) in [4.78, 5) is 26.7. The van der Waals surface area contributed by atoms with E-state index >= 15 is 0 Å². The Bertz CT molecular complexity index is 655. The van der Waals surface area contributed by atoms with Crippen LogP contribution in [0.3, 0.4) is 0 Å². The van der Waals surface area contributed by atoms with Crippen LogP contribution in [-0.4, -0.2) is 57.1 Å². The topological polar surface area (TPSA) is 79.9 Å². The number of methoxy groups -OCH3 is 2. The third-order valence-corrected chi connectivity index (χ3v) is 5.03. The maximum absolute atomic E-state index is 12.4. The summed E-state index contributed by atoms with van der Waals surface area (Å²) in [5.41, 5.74) is 0.618. The first kappa shape index (κ1) is 22.0. The third kappa shape index (κ3) is 6.71. The van der Waals surface area contributed by atoms with Gasteiger partial charge in [-0.2, -0.15) is 0 Å². The average Bonchev–Trinajstić information content (AvgIpc) is 2.68. The van der Waals surface area contributed by atoms with E-state index in [4.69, 9.17) is 9.47 Å². The Balaban J connectivity index is 1.77. The molecule has 2 rings (SSSR count). The molecule has 7 nitrogen and oxygen atoms in total. The summed E-state index contributed by atoms with van der Waals surface area (Å²) in [7, 11) is 3.14. The van der Waals surface area contributed by atoms with E-state index in [1.165, 1.54) is 0 Å². The standard InChI is InChI=1S/C21H33N3O4/c1-15(2)7-10-22-21(26)16-8-11-24(12-9-16)14-20(25)23-18-6-5-17(27-3)13-19(18)28-4/h5-6,13,15-16H,7-12,14H2,1-4H3,(H,22,26)(H,23,25). The highest BCUT2D eigenvalue weighted by Gasteiger charge is 2.25. The Kier molecular flexibility index (Phi) is 8.57. The Morgan fingerprint density at radius 3 is 2.50 bits per heavy atom. The average molecular weight is 392 g/mol. The summed E-state index contributed by atoms with van der Waals surface area (Å²) in [6.07, 6.45) is 2.57. The van der Waals surface area contributed by atoms with Crippen LogP contribution in [0.4, 0.5) is 5.69 Å². The number of nitrogens with one attached hydrogen (secondary N) is 2. The second-order valence-electron chi connectivity index (χ2n) is 7.64. The van der Waals surface area contributed by atoms with Crippen molar-refractivity contribution in [3.8, 4) is 11.5 Å². The summed E-state index contributed by atoms with van der Waals surface area (Å²) >= 11 is 0. The molecular weight excluding hydrogens is 358 g/mol. The summed E-state index contributed by atoms with van der Waals surface area (Å²) < 4.78 is 10.5.